The van der Waals surface area contributed by atoms with Gasteiger partial charge in [-0.3, -0.25) is 0 Å². The highest BCUT2D eigenvalue weighted by Gasteiger charge is 2.13. The molecule has 2 heterocycles. The number of carboxylic acids is 1. The Kier molecular flexibility index (Phi) is 2.53. The summed E-state index contributed by atoms with van der Waals surface area (Å²) in [4.78, 5) is 15.0. The monoisotopic (exact) mass is 257 g/mol. The molecule has 3 rings (SSSR count). The van der Waals surface area contributed by atoms with E-state index in [1.54, 1.807) is 12.1 Å². The van der Waals surface area contributed by atoms with Crippen molar-refractivity contribution < 1.29 is 14.4 Å². The van der Waals surface area contributed by atoms with E-state index >= 15 is 0 Å². The van der Waals surface area contributed by atoms with Crippen molar-refractivity contribution >= 4 is 5.97 Å². The SMILES string of the molecule is O=C(O)c1cccc(-c2nc(-c3cn[nH]n3)no2)c1. The summed E-state index contributed by atoms with van der Waals surface area (Å²) in [7, 11) is 0. The molecule has 0 unspecified atom stereocenters. The molecule has 0 aliphatic rings. The van der Waals surface area contributed by atoms with Crippen molar-refractivity contribution in [1.82, 2.24) is 25.6 Å². The van der Waals surface area contributed by atoms with Crippen molar-refractivity contribution in [3.05, 3.63) is 36.0 Å². The predicted octanol–water partition coefficient (Wildman–Crippen LogP) is 1.22. The standard InChI is InChI=1S/C11H7N5O3/c17-11(18)7-3-1-2-6(4-7)10-13-9(15-19-10)8-5-12-16-14-8/h1-5H,(H,17,18)(H,12,14,16). The first kappa shape index (κ1) is 11.1. The number of nitrogens with zero attached hydrogens (tertiary/aromatic N) is 4. The molecule has 0 radical (unpaired) electrons. The number of benzene rings is 1. The number of H-pyrrole nitrogens is 1. The molecule has 0 saturated heterocycles. The Morgan fingerprint density at radius 3 is 3.00 bits per heavy atom. The molecule has 0 aliphatic carbocycles. The van der Waals surface area contributed by atoms with E-state index in [0.29, 0.717) is 11.3 Å². The van der Waals surface area contributed by atoms with Gasteiger partial charge in [0.25, 0.3) is 5.89 Å². The number of aromatic nitrogens is 5. The molecule has 0 bridgehead atoms. The number of hydrogen-bond acceptors (Lipinski definition) is 6. The van der Waals surface area contributed by atoms with Crippen molar-refractivity contribution in [2.75, 3.05) is 0 Å². The van der Waals surface area contributed by atoms with Crippen LogP contribution in [-0.4, -0.2) is 36.6 Å². The van der Waals surface area contributed by atoms with Crippen LogP contribution in [0.25, 0.3) is 23.0 Å². The topological polar surface area (TPSA) is 118 Å². The van der Waals surface area contributed by atoms with Gasteiger partial charge in [-0.05, 0) is 18.2 Å². The van der Waals surface area contributed by atoms with Gasteiger partial charge in [0.1, 0.15) is 0 Å². The Hall–Kier alpha value is -3.03. The molecule has 94 valence electrons. The number of rotatable bonds is 3. The van der Waals surface area contributed by atoms with Crippen LogP contribution in [0.2, 0.25) is 0 Å². The van der Waals surface area contributed by atoms with Gasteiger partial charge in [-0.25, -0.2) is 4.79 Å². The van der Waals surface area contributed by atoms with Gasteiger partial charge in [0.2, 0.25) is 5.82 Å². The van der Waals surface area contributed by atoms with Crippen LogP contribution in [0.4, 0.5) is 0 Å². The predicted molar refractivity (Wildman–Crippen MR) is 62.1 cm³/mol. The molecular formula is C11H7N5O3. The lowest BCUT2D eigenvalue weighted by atomic mass is 10.1. The summed E-state index contributed by atoms with van der Waals surface area (Å²) in [6.45, 7) is 0. The summed E-state index contributed by atoms with van der Waals surface area (Å²) in [6, 6.07) is 6.24. The van der Waals surface area contributed by atoms with E-state index in [0.717, 1.165) is 0 Å². The number of nitrogens with one attached hydrogen (secondary N) is 1. The Morgan fingerprint density at radius 1 is 1.37 bits per heavy atom. The molecule has 3 aromatic rings. The summed E-state index contributed by atoms with van der Waals surface area (Å²) >= 11 is 0. The van der Waals surface area contributed by atoms with Gasteiger partial charge in [0.15, 0.2) is 5.69 Å². The van der Waals surface area contributed by atoms with Crippen molar-refractivity contribution in [2.45, 2.75) is 0 Å². The van der Waals surface area contributed by atoms with Gasteiger partial charge in [0, 0.05) is 5.56 Å². The summed E-state index contributed by atoms with van der Waals surface area (Å²) in [5.41, 5.74) is 1.13. The number of aromatic amines is 1. The van der Waals surface area contributed by atoms with Crippen LogP contribution in [0, 0.1) is 0 Å². The molecular weight excluding hydrogens is 250 g/mol. The second-order valence-electron chi connectivity index (χ2n) is 3.66. The van der Waals surface area contributed by atoms with E-state index in [9.17, 15) is 4.79 Å². The molecule has 0 saturated carbocycles. The van der Waals surface area contributed by atoms with Gasteiger partial charge in [-0.15, -0.1) is 0 Å². The molecule has 2 N–H and O–H groups in total. The molecule has 8 heteroatoms. The normalized spacial score (nSPS) is 10.5. The Morgan fingerprint density at radius 2 is 2.26 bits per heavy atom. The lowest BCUT2D eigenvalue weighted by Gasteiger charge is -1.96. The molecule has 0 aliphatic heterocycles. The van der Waals surface area contributed by atoms with Gasteiger partial charge in [-0.2, -0.15) is 20.4 Å². The van der Waals surface area contributed by atoms with Crippen LogP contribution in [0.15, 0.2) is 35.0 Å². The van der Waals surface area contributed by atoms with Crippen molar-refractivity contribution in [2.24, 2.45) is 0 Å². The molecule has 8 nitrogen and oxygen atoms in total. The smallest absolute Gasteiger partial charge is 0.335 e. The van der Waals surface area contributed by atoms with E-state index in [1.165, 1.54) is 18.3 Å². The van der Waals surface area contributed by atoms with Gasteiger partial charge in [0.05, 0.1) is 11.8 Å². The first-order valence-corrected chi connectivity index (χ1v) is 5.27. The fourth-order valence-electron chi connectivity index (χ4n) is 1.54. The second-order valence-corrected chi connectivity index (χ2v) is 3.66. The van der Waals surface area contributed by atoms with E-state index in [4.69, 9.17) is 9.63 Å². The number of carboxylic acid groups (broad SMARTS) is 1. The number of hydrogen-bond donors (Lipinski definition) is 2. The Balaban J connectivity index is 1.99. The fourth-order valence-corrected chi connectivity index (χ4v) is 1.54. The minimum absolute atomic E-state index is 0.152. The third-order valence-corrected chi connectivity index (χ3v) is 2.43. The molecule has 0 atom stereocenters. The maximum absolute atomic E-state index is 10.9. The van der Waals surface area contributed by atoms with Crippen LogP contribution < -0.4 is 0 Å². The zero-order chi connectivity index (χ0) is 13.2. The second kappa shape index (κ2) is 4.33. The highest BCUT2D eigenvalue weighted by atomic mass is 16.5. The zero-order valence-corrected chi connectivity index (χ0v) is 9.44. The first-order chi connectivity index (χ1) is 9.24. The summed E-state index contributed by atoms with van der Waals surface area (Å²) < 4.78 is 5.07. The zero-order valence-electron chi connectivity index (χ0n) is 9.44. The van der Waals surface area contributed by atoms with Crippen LogP contribution >= 0.6 is 0 Å². The van der Waals surface area contributed by atoms with Crippen LogP contribution in [0.1, 0.15) is 10.4 Å². The van der Waals surface area contributed by atoms with Crippen LogP contribution in [-0.2, 0) is 0 Å². The molecule has 0 spiro atoms. The third-order valence-electron chi connectivity index (χ3n) is 2.43. The van der Waals surface area contributed by atoms with Gasteiger partial charge >= 0.3 is 5.97 Å². The van der Waals surface area contributed by atoms with E-state index in [1.807, 2.05) is 0 Å². The average molecular weight is 257 g/mol. The highest BCUT2D eigenvalue weighted by Crippen LogP contribution is 2.21. The summed E-state index contributed by atoms with van der Waals surface area (Å²) in [6.07, 6.45) is 1.46. The third kappa shape index (κ3) is 2.06. The summed E-state index contributed by atoms with van der Waals surface area (Å²) in [5, 5.41) is 22.6. The summed E-state index contributed by atoms with van der Waals surface area (Å²) in [5.74, 6) is -0.510. The lowest BCUT2D eigenvalue weighted by Crippen LogP contribution is -1.95. The van der Waals surface area contributed by atoms with Crippen molar-refractivity contribution in [3.63, 3.8) is 0 Å². The molecule has 0 fully saturated rings. The minimum Gasteiger partial charge on any atom is -0.478 e. The van der Waals surface area contributed by atoms with E-state index < -0.39 is 5.97 Å². The highest BCUT2D eigenvalue weighted by molar-refractivity contribution is 5.88. The van der Waals surface area contributed by atoms with E-state index in [-0.39, 0.29) is 17.3 Å². The molecule has 2 aromatic heterocycles. The Labute approximate surface area is 106 Å². The lowest BCUT2D eigenvalue weighted by molar-refractivity contribution is 0.0697. The van der Waals surface area contributed by atoms with Crippen LogP contribution in [0.3, 0.4) is 0 Å². The van der Waals surface area contributed by atoms with Crippen molar-refractivity contribution in [1.29, 1.82) is 0 Å². The van der Waals surface area contributed by atoms with Gasteiger partial charge in [-0.1, -0.05) is 11.2 Å². The molecule has 1 aromatic carbocycles. The fraction of sp³-hybridized carbons (Fsp3) is 0. The average Bonchev–Trinajstić information content (AvgIpc) is 3.09. The Bertz CT molecular complexity index is 720. The largest absolute Gasteiger partial charge is 0.478 e. The van der Waals surface area contributed by atoms with Crippen molar-refractivity contribution in [3.8, 4) is 23.0 Å². The number of aromatic carboxylic acids is 1. The van der Waals surface area contributed by atoms with Gasteiger partial charge < -0.3 is 9.63 Å². The maximum atomic E-state index is 10.9. The molecule has 19 heavy (non-hydrogen) atoms. The first-order valence-electron chi connectivity index (χ1n) is 5.27. The number of carbonyl (C=O) groups is 1. The molecule has 0 amide bonds. The van der Waals surface area contributed by atoms with E-state index in [2.05, 4.69) is 25.6 Å². The maximum Gasteiger partial charge on any atom is 0.335 e. The van der Waals surface area contributed by atoms with Crippen LogP contribution in [0.5, 0.6) is 0 Å². The quantitative estimate of drug-likeness (QED) is 0.724. The minimum atomic E-state index is -1.02.